The van der Waals surface area contributed by atoms with Crippen molar-refractivity contribution in [3.05, 3.63) is 0 Å². The molecule has 0 N–H and O–H groups in total. The third kappa shape index (κ3) is 5.68. The predicted molar refractivity (Wildman–Crippen MR) is 79.0 cm³/mol. The Bertz CT molecular complexity index is 516. The number of carbonyl (C=O) groups excluding carboxylic acids is 4. The van der Waals surface area contributed by atoms with Crippen LogP contribution in [0.5, 0.6) is 0 Å². The first-order chi connectivity index (χ1) is 11.7. The number of hydrogen-bond donors (Lipinski definition) is 0. The molecular formula is C15H22O10. The number of methoxy groups -OCH3 is 1. The lowest BCUT2D eigenvalue weighted by Crippen LogP contribution is -2.63. The highest BCUT2D eigenvalue weighted by atomic mass is 16.7. The van der Waals surface area contributed by atoms with Gasteiger partial charge in [0.2, 0.25) is 0 Å². The van der Waals surface area contributed by atoms with E-state index in [4.69, 9.17) is 23.7 Å². The van der Waals surface area contributed by atoms with Gasteiger partial charge in [0.05, 0.1) is 7.11 Å². The van der Waals surface area contributed by atoms with Crippen LogP contribution in [0.15, 0.2) is 0 Å². The Morgan fingerprint density at radius 2 is 1.32 bits per heavy atom. The molecule has 25 heavy (non-hydrogen) atoms. The van der Waals surface area contributed by atoms with Gasteiger partial charge in [0, 0.05) is 27.4 Å². The average molecular weight is 362 g/mol. The highest BCUT2D eigenvalue weighted by Crippen LogP contribution is 2.30. The van der Waals surface area contributed by atoms with Crippen molar-refractivity contribution in [2.24, 2.45) is 0 Å². The van der Waals surface area contributed by atoms with Gasteiger partial charge in [0.25, 0.3) is 0 Å². The second-order valence-electron chi connectivity index (χ2n) is 5.13. The first-order valence-electron chi connectivity index (χ1n) is 7.57. The quantitative estimate of drug-likeness (QED) is 0.460. The van der Waals surface area contributed by atoms with Gasteiger partial charge in [-0.3, -0.25) is 14.4 Å². The van der Waals surface area contributed by atoms with Crippen LogP contribution in [-0.4, -0.2) is 68.3 Å². The van der Waals surface area contributed by atoms with Gasteiger partial charge in [-0.1, -0.05) is 0 Å². The van der Waals surface area contributed by atoms with Crippen molar-refractivity contribution < 1.29 is 47.6 Å². The Kier molecular flexibility index (Phi) is 7.78. The third-order valence-electron chi connectivity index (χ3n) is 3.17. The van der Waals surface area contributed by atoms with Gasteiger partial charge in [0.1, 0.15) is 0 Å². The minimum atomic E-state index is -1.43. The topological polar surface area (TPSA) is 124 Å². The van der Waals surface area contributed by atoms with Crippen molar-refractivity contribution in [1.82, 2.24) is 0 Å². The highest BCUT2D eigenvalue weighted by molar-refractivity contribution is 5.77. The van der Waals surface area contributed by atoms with E-state index in [2.05, 4.69) is 4.74 Å². The molecule has 0 aliphatic carbocycles. The second kappa shape index (κ2) is 9.33. The van der Waals surface area contributed by atoms with Crippen LogP contribution >= 0.6 is 0 Å². The van der Waals surface area contributed by atoms with E-state index in [-0.39, 0.29) is 6.61 Å². The summed E-state index contributed by atoms with van der Waals surface area (Å²) in [7, 11) is 1.12. The molecule has 0 aromatic heterocycles. The fraction of sp³-hybridized carbons (Fsp3) is 0.733. The molecule has 10 heteroatoms. The minimum Gasteiger partial charge on any atom is -0.467 e. The SMILES string of the molecule is CCO[C@@H]1O[C@@H](C(=O)OC)[C@H](OC(C)=O)[C@@H](OC(C)=O)[C@@H]1OC(C)=O. The predicted octanol–water partition coefficient (Wildman–Crippen LogP) is -0.284. The van der Waals surface area contributed by atoms with Crippen LogP contribution in [0.25, 0.3) is 0 Å². The van der Waals surface area contributed by atoms with Gasteiger partial charge >= 0.3 is 23.9 Å². The number of hydrogen-bond acceptors (Lipinski definition) is 10. The molecule has 1 rings (SSSR count). The Morgan fingerprint density at radius 3 is 1.76 bits per heavy atom. The first kappa shape index (κ1) is 20.8. The van der Waals surface area contributed by atoms with Crippen molar-refractivity contribution in [2.45, 2.75) is 58.4 Å². The summed E-state index contributed by atoms with van der Waals surface area (Å²) in [5, 5.41) is 0. The molecule has 1 fully saturated rings. The molecule has 0 unspecified atom stereocenters. The highest BCUT2D eigenvalue weighted by Gasteiger charge is 2.55. The van der Waals surface area contributed by atoms with E-state index in [1.165, 1.54) is 0 Å². The summed E-state index contributed by atoms with van der Waals surface area (Å²) < 4.78 is 30.8. The van der Waals surface area contributed by atoms with Crippen LogP contribution in [-0.2, 0) is 47.6 Å². The van der Waals surface area contributed by atoms with Gasteiger partial charge in [-0.15, -0.1) is 0 Å². The molecule has 0 aromatic rings. The van der Waals surface area contributed by atoms with E-state index in [1.54, 1.807) is 6.92 Å². The smallest absolute Gasteiger partial charge is 0.339 e. The maximum atomic E-state index is 12.0. The Hall–Kier alpha value is -2.20. The van der Waals surface area contributed by atoms with Crippen LogP contribution in [0.1, 0.15) is 27.7 Å². The molecule has 0 saturated carbocycles. The molecule has 0 bridgehead atoms. The summed E-state index contributed by atoms with van der Waals surface area (Å²) in [6.45, 7) is 5.17. The van der Waals surface area contributed by atoms with E-state index in [9.17, 15) is 19.2 Å². The number of esters is 4. The van der Waals surface area contributed by atoms with Crippen molar-refractivity contribution in [3.63, 3.8) is 0 Å². The molecule has 1 saturated heterocycles. The maximum Gasteiger partial charge on any atom is 0.339 e. The molecule has 1 aliphatic rings. The van der Waals surface area contributed by atoms with Gasteiger partial charge in [-0.2, -0.15) is 0 Å². The van der Waals surface area contributed by atoms with E-state index in [0.29, 0.717) is 0 Å². The minimum absolute atomic E-state index is 0.154. The summed E-state index contributed by atoms with van der Waals surface area (Å²) in [5.41, 5.74) is 0. The average Bonchev–Trinajstić information content (AvgIpc) is 2.50. The fourth-order valence-corrected chi connectivity index (χ4v) is 2.38. The second-order valence-corrected chi connectivity index (χ2v) is 5.13. The normalized spacial score (nSPS) is 28.6. The monoisotopic (exact) mass is 362 g/mol. The van der Waals surface area contributed by atoms with Crippen molar-refractivity contribution >= 4 is 23.9 Å². The third-order valence-corrected chi connectivity index (χ3v) is 3.17. The van der Waals surface area contributed by atoms with E-state index >= 15 is 0 Å². The van der Waals surface area contributed by atoms with Gasteiger partial charge in [0.15, 0.2) is 30.7 Å². The lowest BCUT2D eigenvalue weighted by Gasteiger charge is -2.43. The van der Waals surface area contributed by atoms with E-state index in [1.807, 2.05) is 0 Å². The van der Waals surface area contributed by atoms with Gasteiger partial charge in [-0.05, 0) is 6.92 Å². The van der Waals surface area contributed by atoms with E-state index < -0.39 is 54.6 Å². The van der Waals surface area contributed by atoms with E-state index in [0.717, 1.165) is 27.9 Å². The Labute approximate surface area is 144 Å². The maximum absolute atomic E-state index is 12.0. The molecule has 10 nitrogen and oxygen atoms in total. The molecule has 0 radical (unpaired) electrons. The van der Waals surface area contributed by atoms with Crippen molar-refractivity contribution in [1.29, 1.82) is 0 Å². The summed E-state index contributed by atoms with van der Waals surface area (Å²) in [6.07, 6.45) is -6.60. The summed E-state index contributed by atoms with van der Waals surface area (Å²) in [4.78, 5) is 46.4. The number of rotatable bonds is 6. The summed E-state index contributed by atoms with van der Waals surface area (Å²) in [5.74, 6) is -3.06. The molecule has 1 heterocycles. The largest absolute Gasteiger partial charge is 0.467 e. The van der Waals surface area contributed by atoms with Gasteiger partial charge < -0.3 is 28.4 Å². The van der Waals surface area contributed by atoms with Crippen LogP contribution < -0.4 is 0 Å². The molecular weight excluding hydrogens is 340 g/mol. The van der Waals surface area contributed by atoms with Crippen LogP contribution in [0.4, 0.5) is 0 Å². The number of carbonyl (C=O) groups is 4. The molecule has 0 spiro atoms. The van der Waals surface area contributed by atoms with Crippen molar-refractivity contribution in [2.75, 3.05) is 13.7 Å². The first-order valence-corrected chi connectivity index (χ1v) is 7.57. The lowest BCUT2D eigenvalue weighted by molar-refractivity contribution is -0.300. The Balaban J connectivity index is 3.31. The van der Waals surface area contributed by atoms with Crippen LogP contribution in [0.3, 0.4) is 0 Å². The molecule has 0 aromatic carbocycles. The zero-order chi connectivity index (χ0) is 19.1. The number of ether oxygens (including phenoxy) is 6. The summed E-state index contributed by atoms with van der Waals surface area (Å²) in [6, 6.07) is 0. The zero-order valence-corrected chi connectivity index (χ0v) is 14.7. The fourth-order valence-electron chi connectivity index (χ4n) is 2.38. The molecule has 0 amide bonds. The van der Waals surface area contributed by atoms with Crippen LogP contribution in [0, 0.1) is 0 Å². The molecule has 142 valence electrons. The molecule has 1 aliphatic heterocycles. The lowest BCUT2D eigenvalue weighted by atomic mass is 9.97. The Morgan fingerprint density at radius 1 is 0.840 bits per heavy atom. The van der Waals surface area contributed by atoms with Gasteiger partial charge in [-0.25, -0.2) is 4.79 Å². The molecule has 5 atom stereocenters. The summed E-state index contributed by atoms with van der Waals surface area (Å²) >= 11 is 0. The zero-order valence-electron chi connectivity index (χ0n) is 14.7. The standard InChI is InChI=1S/C15H22O10/c1-6-21-15-13(24-9(4)18)11(23-8(3)17)10(22-7(2)16)12(25-15)14(19)20-5/h10-13,15H,6H2,1-5H3/t10-,11-,12-,13+,15-/m1/s1. The van der Waals surface area contributed by atoms with Crippen LogP contribution in [0.2, 0.25) is 0 Å². The van der Waals surface area contributed by atoms with Crippen molar-refractivity contribution in [3.8, 4) is 0 Å².